The highest BCUT2D eigenvalue weighted by Crippen LogP contribution is 2.38. The van der Waals surface area contributed by atoms with Gasteiger partial charge in [0.25, 0.3) is 0 Å². The maximum Gasteiger partial charge on any atom is 0.192 e. The number of hydrogen-bond donors (Lipinski definition) is 0. The summed E-state index contributed by atoms with van der Waals surface area (Å²) in [6.07, 6.45) is 1.17. The first-order chi connectivity index (χ1) is 16.3. The van der Waals surface area contributed by atoms with Gasteiger partial charge in [0.05, 0.1) is 11.2 Å². The van der Waals surface area contributed by atoms with E-state index in [9.17, 15) is 4.39 Å². The van der Waals surface area contributed by atoms with Crippen LogP contribution < -0.4 is 14.5 Å². The third-order valence-corrected chi connectivity index (χ3v) is 11.1. The first kappa shape index (κ1) is 26.9. The molecule has 6 nitrogen and oxygen atoms in total. The summed E-state index contributed by atoms with van der Waals surface area (Å²) < 4.78 is 26.3. The van der Waals surface area contributed by atoms with Crippen LogP contribution in [0.1, 0.15) is 20.8 Å². The highest BCUT2D eigenvalue weighted by molar-refractivity contribution is 6.74. The largest absolute Gasteiger partial charge is 0.487 e. The lowest BCUT2D eigenvalue weighted by atomic mass is 10.1. The molecule has 1 aromatic carbocycles. The van der Waals surface area contributed by atoms with E-state index < -0.39 is 21.1 Å². The SMILES string of the molecule is CN(C)c1ccc2nc(-c3cnc(N(C)C)c(OCC(CF)O[Si](C)(C)C(C)(C)C)c3)ccc2c1. The van der Waals surface area contributed by atoms with Crippen LogP contribution >= 0.6 is 0 Å². The molecule has 35 heavy (non-hydrogen) atoms. The third-order valence-electron chi connectivity index (χ3n) is 6.61. The number of halogens is 1. The molecule has 8 heteroatoms. The van der Waals surface area contributed by atoms with Gasteiger partial charge in [-0.2, -0.15) is 0 Å². The molecule has 0 aliphatic carbocycles. The van der Waals surface area contributed by atoms with Crippen LogP contribution in [-0.4, -0.2) is 65.9 Å². The minimum atomic E-state index is -2.12. The zero-order valence-electron chi connectivity index (χ0n) is 22.5. The second-order valence-corrected chi connectivity index (χ2v) is 15.6. The number of hydrogen-bond acceptors (Lipinski definition) is 6. The van der Waals surface area contributed by atoms with Crippen molar-refractivity contribution >= 4 is 30.7 Å². The van der Waals surface area contributed by atoms with Crippen molar-refractivity contribution in [1.29, 1.82) is 0 Å². The average molecular weight is 499 g/mol. The molecule has 3 rings (SSSR count). The molecule has 0 amide bonds. The second kappa shape index (κ2) is 10.5. The molecule has 2 aromatic heterocycles. The van der Waals surface area contributed by atoms with Crippen LogP contribution in [0.5, 0.6) is 5.75 Å². The maximum atomic E-state index is 13.9. The minimum Gasteiger partial charge on any atom is -0.487 e. The van der Waals surface area contributed by atoms with E-state index in [0.717, 1.165) is 27.8 Å². The normalized spacial score (nSPS) is 13.1. The van der Waals surface area contributed by atoms with Gasteiger partial charge in [0.2, 0.25) is 0 Å². The summed E-state index contributed by atoms with van der Waals surface area (Å²) in [6, 6.07) is 12.2. The highest BCUT2D eigenvalue weighted by atomic mass is 28.4. The predicted octanol–water partition coefficient (Wildman–Crippen LogP) is 6.17. The van der Waals surface area contributed by atoms with Crippen molar-refractivity contribution < 1.29 is 13.6 Å². The first-order valence-corrected chi connectivity index (χ1v) is 14.9. The van der Waals surface area contributed by atoms with Crippen molar-refractivity contribution in [3.8, 4) is 17.0 Å². The zero-order chi connectivity index (χ0) is 26.0. The van der Waals surface area contributed by atoms with E-state index in [1.165, 1.54) is 0 Å². The van der Waals surface area contributed by atoms with Gasteiger partial charge in [0, 0.05) is 51.0 Å². The molecule has 2 heterocycles. The maximum absolute atomic E-state index is 13.9. The quantitative estimate of drug-likeness (QED) is 0.329. The standard InChI is InChI=1S/C27H39FN4O2Si/c1-27(2,3)35(8,9)34-22(16-28)18-33-25-15-20(17-29-26(25)32(6)7)24-12-10-19-14-21(31(4)5)11-13-23(19)30-24/h10-15,17,22H,16,18H2,1-9H3. The van der Waals surface area contributed by atoms with E-state index in [0.29, 0.717) is 11.6 Å². The summed E-state index contributed by atoms with van der Waals surface area (Å²) in [5.74, 6) is 1.25. The lowest BCUT2D eigenvalue weighted by Crippen LogP contribution is -2.46. The Kier molecular flexibility index (Phi) is 8.06. The van der Waals surface area contributed by atoms with Crippen LogP contribution in [0.2, 0.25) is 18.1 Å². The topological polar surface area (TPSA) is 50.7 Å². The molecule has 0 bridgehead atoms. The van der Waals surface area contributed by atoms with Gasteiger partial charge in [0.15, 0.2) is 19.9 Å². The number of alkyl halides is 1. The molecular weight excluding hydrogens is 459 g/mol. The first-order valence-electron chi connectivity index (χ1n) is 11.9. The molecular formula is C27H39FN4O2Si. The Labute approximate surface area is 210 Å². The van der Waals surface area contributed by atoms with Crippen LogP contribution in [0.25, 0.3) is 22.2 Å². The van der Waals surface area contributed by atoms with Gasteiger partial charge >= 0.3 is 0 Å². The van der Waals surface area contributed by atoms with Gasteiger partial charge in [-0.25, -0.2) is 14.4 Å². The van der Waals surface area contributed by atoms with Crippen LogP contribution in [0.15, 0.2) is 42.6 Å². The Hall–Kier alpha value is -2.71. The fraction of sp³-hybridized carbons (Fsp3) is 0.481. The predicted molar refractivity (Wildman–Crippen MR) is 147 cm³/mol. The summed E-state index contributed by atoms with van der Waals surface area (Å²) >= 11 is 0. The average Bonchev–Trinajstić information content (AvgIpc) is 2.79. The molecule has 1 unspecified atom stereocenters. The molecule has 0 spiro atoms. The van der Waals surface area contributed by atoms with Crippen molar-refractivity contribution in [2.45, 2.75) is 45.0 Å². The van der Waals surface area contributed by atoms with Gasteiger partial charge in [0.1, 0.15) is 19.4 Å². The molecule has 1 atom stereocenters. The van der Waals surface area contributed by atoms with Crippen molar-refractivity contribution in [1.82, 2.24) is 9.97 Å². The smallest absolute Gasteiger partial charge is 0.192 e. The van der Waals surface area contributed by atoms with E-state index in [1.54, 1.807) is 6.20 Å². The molecule has 0 aliphatic heterocycles. The molecule has 190 valence electrons. The van der Waals surface area contributed by atoms with Crippen LogP contribution in [0.3, 0.4) is 0 Å². The van der Waals surface area contributed by atoms with Crippen molar-refractivity contribution in [3.63, 3.8) is 0 Å². The molecule has 0 N–H and O–H groups in total. The monoisotopic (exact) mass is 498 g/mol. The van der Waals surface area contributed by atoms with Gasteiger partial charge in [-0.3, -0.25) is 0 Å². The van der Waals surface area contributed by atoms with Crippen LogP contribution in [-0.2, 0) is 4.43 Å². The zero-order valence-corrected chi connectivity index (χ0v) is 23.5. The summed E-state index contributed by atoms with van der Waals surface area (Å²) in [6.45, 7) is 10.2. The van der Waals surface area contributed by atoms with Crippen molar-refractivity contribution in [2.75, 3.05) is 51.3 Å². The summed E-state index contributed by atoms with van der Waals surface area (Å²) in [5, 5.41) is 1.06. The lowest BCUT2D eigenvalue weighted by Gasteiger charge is -2.38. The Morgan fingerprint density at radius 2 is 1.71 bits per heavy atom. The fourth-order valence-electron chi connectivity index (χ4n) is 3.46. The van der Waals surface area contributed by atoms with E-state index in [2.05, 4.69) is 61.9 Å². The van der Waals surface area contributed by atoms with E-state index in [1.807, 2.05) is 51.3 Å². The number of ether oxygens (including phenoxy) is 1. The van der Waals surface area contributed by atoms with Crippen LogP contribution in [0, 0.1) is 0 Å². The molecule has 0 fully saturated rings. The number of nitrogens with zero attached hydrogens (tertiary/aromatic N) is 4. The lowest BCUT2D eigenvalue weighted by molar-refractivity contribution is 0.0921. The molecule has 0 radical (unpaired) electrons. The van der Waals surface area contributed by atoms with E-state index in [4.69, 9.17) is 14.1 Å². The molecule has 0 aliphatic rings. The Morgan fingerprint density at radius 1 is 1.00 bits per heavy atom. The van der Waals surface area contributed by atoms with Crippen molar-refractivity contribution in [3.05, 3.63) is 42.6 Å². The number of rotatable bonds is 9. The Balaban J connectivity index is 1.87. The number of aromatic nitrogens is 2. The number of benzene rings is 1. The number of anilines is 2. The van der Waals surface area contributed by atoms with E-state index >= 15 is 0 Å². The van der Waals surface area contributed by atoms with Crippen molar-refractivity contribution in [2.24, 2.45) is 0 Å². The van der Waals surface area contributed by atoms with Crippen LogP contribution in [0.4, 0.5) is 15.9 Å². The van der Waals surface area contributed by atoms with Gasteiger partial charge in [-0.15, -0.1) is 0 Å². The Morgan fingerprint density at radius 3 is 2.31 bits per heavy atom. The molecule has 0 saturated carbocycles. The molecule has 0 saturated heterocycles. The summed E-state index contributed by atoms with van der Waals surface area (Å²) in [5.41, 5.74) is 3.68. The Bertz CT molecular complexity index is 1160. The third kappa shape index (κ3) is 6.30. The summed E-state index contributed by atoms with van der Waals surface area (Å²) in [4.78, 5) is 13.4. The summed E-state index contributed by atoms with van der Waals surface area (Å²) in [7, 11) is 5.73. The van der Waals surface area contributed by atoms with Gasteiger partial charge in [-0.1, -0.05) is 26.8 Å². The van der Waals surface area contributed by atoms with Gasteiger partial charge < -0.3 is 19.0 Å². The molecule has 3 aromatic rings. The number of fused-ring (bicyclic) bond motifs is 1. The number of pyridine rings is 2. The minimum absolute atomic E-state index is 0.00818. The second-order valence-electron chi connectivity index (χ2n) is 10.9. The van der Waals surface area contributed by atoms with Gasteiger partial charge in [-0.05, 0) is 48.5 Å². The highest BCUT2D eigenvalue weighted by Gasteiger charge is 2.39. The fourth-order valence-corrected chi connectivity index (χ4v) is 4.78. The van der Waals surface area contributed by atoms with E-state index in [-0.39, 0.29) is 11.6 Å².